The molecular formula is C22H28F3N5O2. The zero-order chi connectivity index (χ0) is 23.3. The Hall–Kier alpha value is -3.04. The van der Waals surface area contributed by atoms with Gasteiger partial charge in [0.25, 0.3) is 5.91 Å². The van der Waals surface area contributed by atoms with E-state index in [1.54, 1.807) is 0 Å². The lowest BCUT2D eigenvalue weighted by Crippen LogP contribution is -2.34. The number of aryl methyl sites for hydroxylation is 1. The quantitative estimate of drug-likeness (QED) is 0.659. The molecule has 1 heterocycles. The van der Waals surface area contributed by atoms with Crippen molar-refractivity contribution >= 4 is 17.5 Å². The van der Waals surface area contributed by atoms with Crippen LogP contribution in [-0.4, -0.2) is 48.9 Å². The summed E-state index contributed by atoms with van der Waals surface area (Å²) < 4.78 is 40.5. The lowest BCUT2D eigenvalue weighted by Gasteiger charge is -2.29. The van der Waals surface area contributed by atoms with Gasteiger partial charge in [-0.3, -0.25) is 4.79 Å². The molecule has 0 radical (unpaired) electrons. The van der Waals surface area contributed by atoms with Crippen LogP contribution >= 0.6 is 0 Å². The number of ether oxygens (including phenoxy) is 1. The normalized spacial score (nSPS) is 18.7. The van der Waals surface area contributed by atoms with Crippen LogP contribution < -0.4 is 20.3 Å². The predicted molar refractivity (Wildman–Crippen MR) is 116 cm³/mol. The minimum Gasteiger partial charge on any atom is -0.406 e. The van der Waals surface area contributed by atoms with E-state index in [1.807, 2.05) is 32.0 Å². The molecule has 1 aliphatic rings. The zero-order valence-electron chi connectivity index (χ0n) is 18.4. The number of amides is 1. The molecule has 174 valence electrons. The van der Waals surface area contributed by atoms with Gasteiger partial charge in [0.2, 0.25) is 0 Å². The third-order valence-electron chi connectivity index (χ3n) is 5.38. The molecule has 2 N–H and O–H groups in total. The number of aromatic nitrogens is 2. The molecule has 1 aliphatic carbocycles. The number of benzene rings is 1. The Labute approximate surface area is 185 Å². The first kappa shape index (κ1) is 23.6. The van der Waals surface area contributed by atoms with Gasteiger partial charge >= 0.3 is 6.36 Å². The number of hydrogen-bond donors (Lipinski definition) is 2. The smallest absolute Gasteiger partial charge is 0.406 e. The first-order chi connectivity index (χ1) is 15.1. The van der Waals surface area contributed by atoms with Crippen molar-refractivity contribution < 1.29 is 22.7 Å². The maximum absolute atomic E-state index is 12.3. The van der Waals surface area contributed by atoms with Crippen LogP contribution in [0, 0.1) is 12.8 Å². The molecule has 10 heteroatoms. The van der Waals surface area contributed by atoms with Crippen molar-refractivity contribution in [3.05, 3.63) is 41.7 Å². The van der Waals surface area contributed by atoms with Crippen molar-refractivity contribution in [3.63, 3.8) is 0 Å². The monoisotopic (exact) mass is 451 g/mol. The zero-order valence-corrected chi connectivity index (χ0v) is 18.4. The second-order valence-electron chi connectivity index (χ2n) is 8.20. The lowest BCUT2D eigenvalue weighted by molar-refractivity contribution is -0.274. The van der Waals surface area contributed by atoms with Gasteiger partial charge in [-0.2, -0.15) is 0 Å². The molecule has 3 rings (SSSR count). The molecule has 0 aliphatic heterocycles. The highest BCUT2D eigenvalue weighted by Gasteiger charge is 2.31. The Bertz CT molecular complexity index is 911. The van der Waals surface area contributed by atoms with Crippen LogP contribution in [0.1, 0.15) is 41.9 Å². The van der Waals surface area contributed by atoms with Gasteiger partial charge < -0.3 is 20.3 Å². The molecule has 0 bridgehead atoms. The minimum atomic E-state index is -4.75. The van der Waals surface area contributed by atoms with Crippen molar-refractivity contribution in [1.82, 2.24) is 15.3 Å². The van der Waals surface area contributed by atoms with Crippen LogP contribution in [0.4, 0.5) is 24.8 Å². The number of alkyl halides is 3. The number of hydrogen-bond acceptors (Lipinski definition) is 6. The molecule has 1 amide bonds. The van der Waals surface area contributed by atoms with Crippen molar-refractivity contribution in [1.29, 1.82) is 0 Å². The molecule has 0 saturated heterocycles. The fraction of sp³-hybridized carbons (Fsp3) is 0.500. The maximum Gasteiger partial charge on any atom is 0.573 e. The van der Waals surface area contributed by atoms with Gasteiger partial charge in [-0.1, -0.05) is 0 Å². The highest BCUT2D eigenvalue weighted by molar-refractivity contribution is 5.94. The van der Waals surface area contributed by atoms with E-state index in [0.29, 0.717) is 29.9 Å². The second kappa shape index (κ2) is 10.1. The summed E-state index contributed by atoms with van der Waals surface area (Å²) in [4.78, 5) is 23.1. The topological polar surface area (TPSA) is 79.4 Å². The van der Waals surface area contributed by atoms with Crippen molar-refractivity contribution in [3.8, 4) is 5.75 Å². The van der Waals surface area contributed by atoms with Gasteiger partial charge in [0.15, 0.2) is 0 Å². The summed E-state index contributed by atoms with van der Waals surface area (Å²) in [5, 5.41) is 6.37. The Morgan fingerprint density at radius 2 is 1.78 bits per heavy atom. The number of nitrogens with one attached hydrogen (secondary N) is 2. The fourth-order valence-corrected chi connectivity index (χ4v) is 3.72. The summed E-state index contributed by atoms with van der Waals surface area (Å²) in [6.07, 6.45) is -0.908. The minimum absolute atomic E-state index is 0.297. The van der Waals surface area contributed by atoms with Crippen LogP contribution in [0.5, 0.6) is 5.75 Å². The average molecular weight is 451 g/mol. The van der Waals surface area contributed by atoms with E-state index in [4.69, 9.17) is 0 Å². The lowest BCUT2D eigenvalue weighted by atomic mass is 9.86. The van der Waals surface area contributed by atoms with Gasteiger partial charge in [0, 0.05) is 38.3 Å². The first-order valence-electron chi connectivity index (χ1n) is 10.5. The Kier molecular flexibility index (Phi) is 7.42. The number of nitrogens with zero attached hydrogens (tertiary/aromatic N) is 3. The van der Waals surface area contributed by atoms with Crippen LogP contribution in [0.25, 0.3) is 0 Å². The van der Waals surface area contributed by atoms with E-state index in [2.05, 4.69) is 25.3 Å². The van der Waals surface area contributed by atoms with Crippen LogP contribution in [0.15, 0.2) is 30.3 Å². The number of anilines is 2. The molecule has 1 saturated carbocycles. The molecular weight excluding hydrogens is 423 g/mol. The molecule has 7 nitrogen and oxygen atoms in total. The number of rotatable bonds is 7. The van der Waals surface area contributed by atoms with Gasteiger partial charge in [0.05, 0.1) is 0 Å². The summed E-state index contributed by atoms with van der Waals surface area (Å²) in [7, 11) is 3.88. The van der Waals surface area contributed by atoms with Crippen LogP contribution in [0.3, 0.4) is 0 Å². The van der Waals surface area contributed by atoms with E-state index in [-0.39, 0.29) is 11.7 Å². The summed E-state index contributed by atoms with van der Waals surface area (Å²) in [5.41, 5.74) is 0.297. The fourth-order valence-electron chi connectivity index (χ4n) is 3.72. The van der Waals surface area contributed by atoms with E-state index in [9.17, 15) is 18.0 Å². The molecule has 1 aromatic carbocycles. The van der Waals surface area contributed by atoms with Crippen molar-refractivity contribution in [2.24, 2.45) is 5.92 Å². The standard InChI is InChI=1S/C22H28F3N5O2/c1-14-27-19(12-20(28-14)30(2)3)29-17-8-4-15(5-9-17)13-26-21(31)16-6-10-18(11-7-16)32-22(23,24)25/h6-7,10-12,15,17H,4-5,8-9,13H2,1-3H3,(H,26,31)(H,27,28,29)/t15-,17+. The highest BCUT2D eigenvalue weighted by Crippen LogP contribution is 2.27. The average Bonchev–Trinajstić information content (AvgIpc) is 2.72. The van der Waals surface area contributed by atoms with Crippen LogP contribution in [0.2, 0.25) is 0 Å². The van der Waals surface area contributed by atoms with Crippen molar-refractivity contribution in [2.45, 2.75) is 45.0 Å². The van der Waals surface area contributed by atoms with E-state index >= 15 is 0 Å². The van der Waals surface area contributed by atoms with Gasteiger partial charge in [0.1, 0.15) is 23.2 Å². The molecule has 0 spiro atoms. The Morgan fingerprint density at radius 1 is 1.12 bits per heavy atom. The summed E-state index contributed by atoms with van der Waals surface area (Å²) in [5.74, 6) is 2.08. The number of halogens is 3. The van der Waals surface area contributed by atoms with E-state index in [1.165, 1.54) is 12.1 Å². The third kappa shape index (κ3) is 7.00. The number of carbonyl (C=O) groups excluding carboxylic acids is 1. The summed E-state index contributed by atoms with van der Waals surface area (Å²) in [6.45, 7) is 2.40. The molecule has 32 heavy (non-hydrogen) atoms. The Morgan fingerprint density at radius 3 is 2.38 bits per heavy atom. The molecule has 1 fully saturated rings. The van der Waals surface area contributed by atoms with E-state index in [0.717, 1.165) is 49.5 Å². The molecule has 0 unspecified atom stereocenters. The predicted octanol–water partition coefficient (Wildman–Crippen LogP) is 4.15. The second-order valence-corrected chi connectivity index (χ2v) is 8.20. The highest BCUT2D eigenvalue weighted by atomic mass is 19.4. The van der Waals surface area contributed by atoms with E-state index < -0.39 is 6.36 Å². The first-order valence-corrected chi connectivity index (χ1v) is 10.5. The van der Waals surface area contributed by atoms with Gasteiger partial charge in [-0.25, -0.2) is 9.97 Å². The Balaban J connectivity index is 1.44. The van der Waals surface area contributed by atoms with Crippen molar-refractivity contribution in [2.75, 3.05) is 30.9 Å². The summed E-state index contributed by atoms with van der Waals surface area (Å²) >= 11 is 0. The van der Waals surface area contributed by atoms with Gasteiger partial charge in [-0.15, -0.1) is 13.2 Å². The molecule has 1 aromatic heterocycles. The molecule has 2 aromatic rings. The molecule has 0 atom stereocenters. The van der Waals surface area contributed by atoms with Gasteiger partial charge in [-0.05, 0) is 62.8 Å². The maximum atomic E-state index is 12.3. The SMILES string of the molecule is Cc1nc(N[C@H]2CC[C@@H](CNC(=O)c3ccc(OC(F)(F)F)cc3)CC2)cc(N(C)C)n1. The summed E-state index contributed by atoms with van der Waals surface area (Å²) in [6, 6.07) is 7.16. The largest absolute Gasteiger partial charge is 0.573 e. The third-order valence-corrected chi connectivity index (χ3v) is 5.38. The van der Waals surface area contributed by atoms with Crippen LogP contribution in [-0.2, 0) is 0 Å². The number of carbonyl (C=O) groups is 1.